The molecule has 1 fully saturated rings. The molecule has 0 saturated carbocycles. The van der Waals surface area contributed by atoms with Gasteiger partial charge in [-0.3, -0.25) is 4.57 Å². The molecule has 5 nitrogen and oxygen atoms in total. The molecule has 7 heteroatoms. The van der Waals surface area contributed by atoms with Crippen LogP contribution < -0.4 is 0 Å². The Labute approximate surface area is 120 Å². The van der Waals surface area contributed by atoms with Gasteiger partial charge in [0.1, 0.15) is 0 Å². The van der Waals surface area contributed by atoms with E-state index in [4.69, 9.17) is 18.5 Å². The summed E-state index contributed by atoms with van der Waals surface area (Å²) in [6.07, 6.45) is 0.437. The molecule has 114 valence electrons. The van der Waals surface area contributed by atoms with Crippen molar-refractivity contribution in [3.05, 3.63) is 0 Å². The van der Waals surface area contributed by atoms with Crippen LogP contribution >= 0.6 is 19.4 Å². The number of hydrogen-bond donors (Lipinski definition) is 0. The summed E-state index contributed by atoms with van der Waals surface area (Å²) >= 11 is 1.58. The molecule has 0 aliphatic carbocycles. The van der Waals surface area contributed by atoms with Crippen LogP contribution in [0.2, 0.25) is 0 Å². The maximum absolute atomic E-state index is 12.6. The third-order valence-corrected chi connectivity index (χ3v) is 6.54. The lowest BCUT2D eigenvalue weighted by molar-refractivity contribution is -0.0880. The number of ether oxygens (including phenoxy) is 2. The summed E-state index contributed by atoms with van der Waals surface area (Å²) in [5, 5.41) is 0.282. The molecule has 1 heterocycles. The molecule has 0 bridgehead atoms. The van der Waals surface area contributed by atoms with Gasteiger partial charge < -0.3 is 18.5 Å². The second-order valence-corrected chi connectivity index (χ2v) is 8.75. The van der Waals surface area contributed by atoms with E-state index in [1.54, 1.807) is 18.9 Å². The van der Waals surface area contributed by atoms with E-state index in [2.05, 4.69) is 0 Å². The fourth-order valence-corrected chi connectivity index (χ4v) is 5.63. The van der Waals surface area contributed by atoms with E-state index in [-0.39, 0.29) is 23.7 Å². The SMILES string of the molecule is CO[C@@H]1C[C@@H](SCP(=O)(OC(C)C)OC(C)C)CO1. The predicted octanol–water partition coefficient (Wildman–Crippen LogP) is 3.48. The molecule has 1 aliphatic heterocycles. The second-order valence-electron chi connectivity index (χ2n) is 5.07. The van der Waals surface area contributed by atoms with E-state index < -0.39 is 7.60 Å². The van der Waals surface area contributed by atoms with Crippen LogP contribution in [-0.4, -0.2) is 43.0 Å². The lowest BCUT2D eigenvalue weighted by atomic mass is 10.3. The molecule has 0 amide bonds. The molecule has 0 spiro atoms. The zero-order valence-corrected chi connectivity index (χ0v) is 14.0. The second kappa shape index (κ2) is 8.01. The first-order valence-electron chi connectivity index (χ1n) is 6.56. The number of hydrogen-bond acceptors (Lipinski definition) is 6. The highest BCUT2D eigenvalue weighted by Crippen LogP contribution is 2.54. The minimum Gasteiger partial charge on any atom is -0.356 e. The van der Waals surface area contributed by atoms with Crippen LogP contribution in [-0.2, 0) is 23.1 Å². The van der Waals surface area contributed by atoms with E-state index in [1.807, 2.05) is 27.7 Å². The summed E-state index contributed by atoms with van der Waals surface area (Å²) in [6.45, 7) is 8.06. The van der Waals surface area contributed by atoms with Gasteiger partial charge in [0, 0.05) is 18.8 Å². The molecule has 0 aromatic carbocycles. The highest BCUT2D eigenvalue weighted by molar-refractivity contribution is 8.05. The Balaban J connectivity index is 2.47. The Morgan fingerprint density at radius 1 is 1.26 bits per heavy atom. The van der Waals surface area contributed by atoms with Crippen LogP contribution in [0.5, 0.6) is 0 Å². The zero-order chi connectivity index (χ0) is 14.5. The molecule has 0 radical (unpaired) electrons. The van der Waals surface area contributed by atoms with Crippen LogP contribution in [0.25, 0.3) is 0 Å². The molecular formula is C12H25O5PS. The van der Waals surface area contributed by atoms with Crippen LogP contribution in [0.15, 0.2) is 0 Å². The fraction of sp³-hybridized carbons (Fsp3) is 1.00. The van der Waals surface area contributed by atoms with E-state index in [0.717, 1.165) is 6.42 Å². The Morgan fingerprint density at radius 3 is 2.26 bits per heavy atom. The molecule has 1 aliphatic rings. The molecule has 2 atom stereocenters. The normalized spacial score (nSPS) is 24.6. The predicted molar refractivity (Wildman–Crippen MR) is 77.7 cm³/mol. The minimum atomic E-state index is -3.05. The van der Waals surface area contributed by atoms with Gasteiger partial charge in [-0.25, -0.2) is 0 Å². The average Bonchev–Trinajstić information content (AvgIpc) is 2.72. The molecule has 0 aromatic rings. The van der Waals surface area contributed by atoms with Gasteiger partial charge in [-0.2, -0.15) is 0 Å². The first kappa shape index (κ1) is 17.5. The smallest absolute Gasteiger partial charge is 0.340 e. The molecule has 0 aromatic heterocycles. The van der Waals surface area contributed by atoms with Crippen molar-refractivity contribution in [2.45, 2.75) is 57.9 Å². The van der Waals surface area contributed by atoms with Gasteiger partial charge in [-0.15, -0.1) is 11.8 Å². The maximum Gasteiger partial charge on any atom is 0.340 e. The Morgan fingerprint density at radius 2 is 1.84 bits per heavy atom. The lowest BCUT2D eigenvalue weighted by Crippen LogP contribution is -2.11. The Bertz CT molecular complexity index is 296. The summed E-state index contributed by atoms with van der Waals surface area (Å²) in [5.41, 5.74) is 0.355. The highest BCUT2D eigenvalue weighted by atomic mass is 32.2. The van der Waals surface area contributed by atoms with Gasteiger partial charge in [0.25, 0.3) is 0 Å². The first-order valence-corrected chi connectivity index (χ1v) is 9.34. The van der Waals surface area contributed by atoms with Crippen molar-refractivity contribution in [1.29, 1.82) is 0 Å². The fourth-order valence-electron chi connectivity index (χ4n) is 1.77. The van der Waals surface area contributed by atoms with E-state index in [0.29, 0.717) is 12.1 Å². The average molecular weight is 312 g/mol. The summed E-state index contributed by atoms with van der Waals surface area (Å²) in [4.78, 5) is 0. The van der Waals surface area contributed by atoms with Crippen molar-refractivity contribution in [3.63, 3.8) is 0 Å². The maximum atomic E-state index is 12.6. The molecule has 1 rings (SSSR count). The van der Waals surface area contributed by atoms with Crippen molar-refractivity contribution in [2.24, 2.45) is 0 Å². The van der Waals surface area contributed by atoms with Crippen LogP contribution in [0, 0.1) is 0 Å². The van der Waals surface area contributed by atoms with Crippen molar-refractivity contribution >= 4 is 19.4 Å². The van der Waals surface area contributed by atoms with E-state index in [1.165, 1.54) is 0 Å². The molecule has 1 saturated heterocycles. The molecule has 0 N–H and O–H groups in total. The van der Waals surface area contributed by atoms with Gasteiger partial charge in [-0.05, 0) is 27.7 Å². The zero-order valence-electron chi connectivity index (χ0n) is 12.3. The quantitative estimate of drug-likeness (QED) is 0.640. The topological polar surface area (TPSA) is 54.0 Å². The number of thioether (sulfide) groups is 1. The molecular weight excluding hydrogens is 287 g/mol. The van der Waals surface area contributed by atoms with E-state index >= 15 is 0 Å². The highest BCUT2D eigenvalue weighted by Gasteiger charge is 2.32. The van der Waals surface area contributed by atoms with Crippen molar-refractivity contribution in [3.8, 4) is 0 Å². The number of methoxy groups -OCH3 is 1. The van der Waals surface area contributed by atoms with Gasteiger partial charge >= 0.3 is 7.60 Å². The monoisotopic (exact) mass is 312 g/mol. The van der Waals surface area contributed by atoms with Gasteiger partial charge in [-0.1, -0.05) is 0 Å². The lowest BCUT2D eigenvalue weighted by Gasteiger charge is -2.23. The third kappa shape index (κ3) is 6.61. The van der Waals surface area contributed by atoms with Gasteiger partial charge in [0.15, 0.2) is 6.29 Å². The Hall–Kier alpha value is 0.420. The van der Waals surface area contributed by atoms with Crippen LogP contribution in [0.4, 0.5) is 0 Å². The third-order valence-electron chi connectivity index (χ3n) is 2.40. The minimum absolute atomic E-state index is 0.114. The van der Waals surface area contributed by atoms with Gasteiger partial charge in [0.2, 0.25) is 0 Å². The summed E-state index contributed by atoms with van der Waals surface area (Å²) in [7, 11) is -1.41. The largest absolute Gasteiger partial charge is 0.356 e. The summed E-state index contributed by atoms with van der Waals surface area (Å²) in [6, 6.07) is 0. The van der Waals surface area contributed by atoms with Crippen LogP contribution in [0.3, 0.4) is 0 Å². The van der Waals surface area contributed by atoms with Crippen molar-refractivity contribution < 1.29 is 23.1 Å². The van der Waals surface area contributed by atoms with Crippen molar-refractivity contribution in [2.75, 3.05) is 19.2 Å². The first-order chi connectivity index (χ1) is 8.84. The molecule has 19 heavy (non-hydrogen) atoms. The molecule has 0 unspecified atom stereocenters. The Kier molecular flexibility index (Phi) is 7.36. The van der Waals surface area contributed by atoms with Gasteiger partial charge in [0.05, 0.1) is 24.3 Å². The van der Waals surface area contributed by atoms with E-state index in [9.17, 15) is 4.57 Å². The standard InChI is InChI=1S/C12H25O5PS/c1-9(2)16-18(13,17-10(3)4)8-19-11-6-12(14-5)15-7-11/h9-12H,6-8H2,1-5H3/t11-,12+/m1/s1. The van der Waals surface area contributed by atoms with Crippen LogP contribution in [0.1, 0.15) is 34.1 Å². The summed E-state index contributed by atoms with van der Waals surface area (Å²) in [5.74, 6) is 0. The van der Waals surface area contributed by atoms with Crippen molar-refractivity contribution in [1.82, 2.24) is 0 Å². The number of rotatable bonds is 8. The summed E-state index contributed by atoms with van der Waals surface area (Å²) < 4.78 is 34.2.